The summed E-state index contributed by atoms with van der Waals surface area (Å²) in [5, 5.41) is 19.9. The Hall–Kier alpha value is -1.13. The quantitative estimate of drug-likeness (QED) is 0.392. The third kappa shape index (κ3) is 1.70. The maximum absolute atomic E-state index is 11.6. The molecule has 2 aliphatic carbocycles. The van der Waals surface area contributed by atoms with E-state index in [4.69, 9.17) is 4.74 Å². The molecule has 0 bridgehead atoms. The van der Waals surface area contributed by atoms with Crippen LogP contribution >= 0.6 is 0 Å². The first kappa shape index (κ1) is 12.9. The molecule has 0 aromatic rings. The first-order valence-corrected chi connectivity index (χ1v) is 6.78. The SMILES string of the molecule is C=C1C(=O)O[C@@H]2C[C@]3(C)C[C@H](O)[C@H](O)C(=C)[C@@H]3C[C@@H]12. The number of carbonyl (C=O) groups excluding carboxylic acids is 1. The molecule has 0 aromatic heterocycles. The fourth-order valence-corrected chi connectivity index (χ4v) is 4.16. The van der Waals surface area contributed by atoms with Gasteiger partial charge in [-0.3, -0.25) is 0 Å². The van der Waals surface area contributed by atoms with Crippen LogP contribution in [0.5, 0.6) is 0 Å². The van der Waals surface area contributed by atoms with Crippen LogP contribution in [0.1, 0.15) is 26.2 Å². The molecule has 1 heterocycles. The Morgan fingerprint density at radius 1 is 1.32 bits per heavy atom. The Morgan fingerprint density at radius 2 is 2.00 bits per heavy atom. The lowest BCUT2D eigenvalue weighted by molar-refractivity contribution is -0.144. The summed E-state index contributed by atoms with van der Waals surface area (Å²) in [6.07, 6.45) is 0.193. The predicted molar refractivity (Wildman–Crippen MR) is 69.1 cm³/mol. The van der Waals surface area contributed by atoms with Gasteiger partial charge in [-0.25, -0.2) is 4.79 Å². The van der Waals surface area contributed by atoms with Crippen LogP contribution in [0.3, 0.4) is 0 Å². The summed E-state index contributed by atoms with van der Waals surface area (Å²) in [6.45, 7) is 9.88. The number of hydrogen-bond acceptors (Lipinski definition) is 4. The maximum Gasteiger partial charge on any atom is 0.334 e. The highest BCUT2D eigenvalue weighted by molar-refractivity contribution is 5.90. The van der Waals surface area contributed by atoms with E-state index < -0.39 is 12.2 Å². The van der Waals surface area contributed by atoms with Crippen molar-refractivity contribution in [3.8, 4) is 0 Å². The summed E-state index contributed by atoms with van der Waals surface area (Å²) in [6, 6.07) is 0. The fourth-order valence-electron chi connectivity index (χ4n) is 4.16. The molecule has 0 aromatic carbocycles. The van der Waals surface area contributed by atoms with Crippen molar-refractivity contribution in [3.05, 3.63) is 24.3 Å². The minimum atomic E-state index is -0.860. The van der Waals surface area contributed by atoms with E-state index in [1.807, 2.05) is 0 Å². The molecule has 1 saturated heterocycles. The summed E-state index contributed by atoms with van der Waals surface area (Å²) in [5.74, 6) is -0.160. The molecule has 4 nitrogen and oxygen atoms in total. The van der Waals surface area contributed by atoms with Crippen molar-refractivity contribution >= 4 is 5.97 Å². The Kier molecular flexibility index (Phi) is 2.67. The second-order valence-corrected chi connectivity index (χ2v) is 6.51. The number of ether oxygens (including phenoxy) is 1. The van der Waals surface area contributed by atoms with Crippen molar-refractivity contribution < 1.29 is 19.7 Å². The number of aliphatic hydroxyl groups excluding tert-OH is 2. The van der Waals surface area contributed by atoms with Gasteiger partial charge < -0.3 is 14.9 Å². The van der Waals surface area contributed by atoms with Gasteiger partial charge in [-0.1, -0.05) is 20.1 Å². The Balaban J connectivity index is 1.93. The Bertz CT molecular complexity index is 469. The molecule has 3 fully saturated rings. The molecule has 0 unspecified atom stereocenters. The Morgan fingerprint density at radius 3 is 2.68 bits per heavy atom. The van der Waals surface area contributed by atoms with Gasteiger partial charge in [-0.05, 0) is 36.2 Å². The number of esters is 1. The molecule has 1 aliphatic heterocycles. The van der Waals surface area contributed by atoms with E-state index in [0.29, 0.717) is 24.0 Å². The van der Waals surface area contributed by atoms with E-state index in [-0.39, 0.29) is 29.3 Å². The van der Waals surface area contributed by atoms with Gasteiger partial charge in [0, 0.05) is 11.5 Å². The van der Waals surface area contributed by atoms with Crippen molar-refractivity contribution in [2.75, 3.05) is 0 Å². The zero-order chi connectivity index (χ0) is 13.9. The van der Waals surface area contributed by atoms with Crippen molar-refractivity contribution in [2.45, 2.75) is 44.5 Å². The minimum Gasteiger partial charge on any atom is -0.458 e. The van der Waals surface area contributed by atoms with Crippen molar-refractivity contribution in [3.63, 3.8) is 0 Å². The van der Waals surface area contributed by atoms with Gasteiger partial charge in [0.2, 0.25) is 0 Å². The topological polar surface area (TPSA) is 66.8 Å². The van der Waals surface area contributed by atoms with Gasteiger partial charge in [0.15, 0.2) is 0 Å². The molecule has 3 rings (SSSR count). The van der Waals surface area contributed by atoms with E-state index in [1.165, 1.54) is 0 Å². The first-order chi connectivity index (χ1) is 8.83. The zero-order valence-corrected chi connectivity index (χ0v) is 11.1. The maximum atomic E-state index is 11.6. The molecule has 0 spiro atoms. The molecule has 2 saturated carbocycles. The number of aliphatic hydroxyl groups is 2. The van der Waals surface area contributed by atoms with Crippen LogP contribution < -0.4 is 0 Å². The van der Waals surface area contributed by atoms with Crippen LogP contribution in [0, 0.1) is 17.3 Å². The number of rotatable bonds is 0. The highest BCUT2D eigenvalue weighted by Gasteiger charge is 2.55. The van der Waals surface area contributed by atoms with E-state index in [0.717, 1.165) is 6.42 Å². The van der Waals surface area contributed by atoms with Crippen LogP contribution in [0.2, 0.25) is 0 Å². The molecule has 0 radical (unpaired) electrons. The van der Waals surface area contributed by atoms with Crippen LogP contribution in [-0.4, -0.2) is 34.5 Å². The van der Waals surface area contributed by atoms with Crippen molar-refractivity contribution in [1.29, 1.82) is 0 Å². The smallest absolute Gasteiger partial charge is 0.334 e. The zero-order valence-electron chi connectivity index (χ0n) is 11.1. The van der Waals surface area contributed by atoms with Crippen LogP contribution in [0.4, 0.5) is 0 Å². The molecule has 3 aliphatic rings. The minimum absolute atomic E-state index is 0.0322. The largest absolute Gasteiger partial charge is 0.458 e. The number of fused-ring (bicyclic) bond motifs is 2. The molecule has 0 amide bonds. The average Bonchev–Trinajstić information content (AvgIpc) is 2.59. The van der Waals surface area contributed by atoms with Crippen LogP contribution in [-0.2, 0) is 9.53 Å². The molecule has 4 heteroatoms. The van der Waals surface area contributed by atoms with Crippen molar-refractivity contribution in [2.24, 2.45) is 17.3 Å². The molecular weight excluding hydrogens is 244 g/mol. The lowest BCUT2D eigenvalue weighted by Crippen LogP contribution is -2.51. The average molecular weight is 264 g/mol. The summed E-state index contributed by atoms with van der Waals surface area (Å²) < 4.78 is 5.38. The molecule has 104 valence electrons. The van der Waals surface area contributed by atoms with Crippen LogP contribution in [0.25, 0.3) is 0 Å². The normalized spacial score (nSPS) is 49.6. The standard InChI is InChI=1S/C15H20O4/c1-7-9-4-10-8(2)13(17)11(16)5-15(10,3)6-12(9)19-14(7)18/h9-13,16-17H,1-2,4-6H2,3H3/t9-,10-,11-,12+,13+,15-/m0/s1. The first-order valence-electron chi connectivity index (χ1n) is 6.78. The highest BCUT2D eigenvalue weighted by atomic mass is 16.6. The fraction of sp³-hybridized carbons (Fsp3) is 0.667. The van der Waals surface area contributed by atoms with Crippen LogP contribution in [0.15, 0.2) is 24.3 Å². The van der Waals surface area contributed by atoms with Gasteiger partial charge in [-0.2, -0.15) is 0 Å². The summed E-state index contributed by atoms with van der Waals surface area (Å²) in [7, 11) is 0. The van der Waals surface area contributed by atoms with E-state index in [2.05, 4.69) is 20.1 Å². The second kappa shape index (κ2) is 3.93. The molecule has 6 atom stereocenters. The lowest BCUT2D eigenvalue weighted by atomic mass is 9.54. The van der Waals surface area contributed by atoms with E-state index in [9.17, 15) is 15.0 Å². The molecular formula is C15H20O4. The van der Waals surface area contributed by atoms with E-state index in [1.54, 1.807) is 0 Å². The summed E-state index contributed by atoms with van der Waals surface area (Å²) in [5.41, 5.74) is 1.06. The summed E-state index contributed by atoms with van der Waals surface area (Å²) >= 11 is 0. The van der Waals surface area contributed by atoms with E-state index >= 15 is 0 Å². The summed E-state index contributed by atoms with van der Waals surface area (Å²) in [4.78, 5) is 11.6. The Labute approximate surface area is 112 Å². The molecule has 2 N–H and O–H groups in total. The number of hydrogen-bond donors (Lipinski definition) is 2. The third-order valence-corrected chi connectivity index (χ3v) is 5.28. The second-order valence-electron chi connectivity index (χ2n) is 6.51. The van der Waals surface area contributed by atoms with Gasteiger partial charge in [0.05, 0.1) is 6.10 Å². The van der Waals surface area contributed by atoms with Gasteiger partial charge in [0.1, 0.15) is 12.2 Å². The monoisotopic (exact) mass is 264 g/mol. The number of carbonyl (C=O) groups is 1. The molecule has 19 heavy (non-hydrogen) atoms. The highest BCUT2D eigenvalue weighted by Crippen LogP contribution is 2.56. The van der Waals surface area contributed by atoms with Gasteiger partial charge >= 0.3 is 5.97 Å². The predicted octanol–water partition coefficient (Wildman–Crippen LogP) is 1.18. The lowest BCUT2D eigenvalue weighted by Gasteiger charge is -2.52. The third-order valence-electron chi connectivity index (χ3n) is 5.28. The van der Waals surface area contributed by atoms with Crippen molar-refractivity contribution in [1.82, 2.24) is 0 Å². The van der Waals surface area contributed by atoms with Gasteiger partial charge in [-0.15, -0.1) is 0 Å². The van der Waals surface area contributed by atoms with Gasteiger partial charge in [0.25, 0.3) is 0 Å².